The number of unbranched alkanes of at least 4 members (excludes halogenated alkanes) is 1. The molecule has 100 valence electrons. The molecule has 0 heterocycles. The van der Waals surface area contributed by atoms with Crippen LogP contribution in [0.1, 0.15) is 59.3 Å². The molecule has 2 heteroatoms. The second-order valence-electron chi connectivity index (χ2n) is 5.86. The largest absolute Gasteiger partial charge is 0.381 e. The van der Waals surface area contributed by atoms with Crippen LogP contribution in [-0.4, -0.2) is 19.5 Å². The van der Waals surface area contributed by atoms with Gasteiger partial charge in [0, 0.05) is 13.2 Å². The Bertz CT molecular complexity index is 227. The van der Waals surface area contributed by atoms with Crippen molar-refractivity contribution in [3.05, 3.63) is 0 Å². The lowest BCUT2D eigenvalue weighted by Gasteiger charge is -2.25. The van der Waals surface area contributed by atoms with E-state index in [0.29, 0.717) is 0 Å². The highest BCUT2D eigenvalue weighted by atomic mass is 16.5. The van der Waals surface area contributed by atoms with Crippen molar-refractivity contribution in [2.75, 3.05) is 13.2 Å². The van der Waals surface area contributed by atoms with E-state index in [1.807, 2.05) is 0 Å². The summed E-state index contributed by atoms with van der Waals surface area (Å²) in [7, 11) is 0. The Morgan fingerprint density at radius 3 is 2.76 bits per heavy atom. The van der Waals surface area contributed by atoms with Crippen LogP contribution in [0.3, 0.4) is 0 Å². The second-order valence-corrected chi connectivity index (χ2v) is 5.86. The molecule has 0 aromatic heterocycles. The molecule has 2 fully saturated rings. The lowest BCUT2D eigenvalue weighted by atomic mass is 9.83. The van der Waals surface area contributed by atoms with Crippen molar-refractivity contribution in [3.63, 3.8) is 0 Å². The first kappa shape index (κ1) is 14.7. The molecule has 0 aliphatic heterocycles. The zero-order chi connectivity index (χ0) is 12.7. The van der Waals surface area contributed by atoms with Gasteiger partial charge in [-0.05, 0) is 56.3 Å². The average Bonchev–Trinajstić information content (AvgIpc) is 2.97. The number of hydrogen-bond acceptors (Lipinski definition) is 2. The number of ether oxygens (including phenoxy) is 1. The highest BCUT2D eigenvalue weighted by Crippen LogP contribution is 2.62. The number of hydrogen-bond donors (Lipinski definition) is 0. The summed E-state index contributed by atoms with van der Waals surface area (Å²) in [6.07, 6.45) is 9.05. The molecule has 17 heavy (non-hydrogen) atoms. The van der Waals surface area contributed by atoms with Gasteiger partial charge in [-0.1, -0.05) is 20.3 Å². The Labute approximate surface area is 106 Å². The fourth-order valence-electron chi connectivity index (χ4n) is 2.88. The average molecular weight is 240 g/mol. The summed E-state index contributed by atoms with van der Waals surface area (Å²) in [6, 6.07) is 0. The van der Waals surface area contributed by atoms with Crippen LogP contribution in [0.5, 0.6) is 0 Å². The highest BCUT2D eigenvalue weighted by Gasteiger charge is 2.52. The summed E-state index contributed by atoms with van der Waals surface area (Å²) >= 11 is 0. The molecule has 0 spiro atoms. The van der Waals surface area contributed by atoms with Crippen molar-refractivity contribution in [1.29, 1.82) is 0 Å². The van der Waals surface area contributed by atoms with Gasteiger partial charge in [0.1, 0.15) is 6.29 Å². The van der Waals surface area contributed by atoms with Gasteiger partial charge in [-0.25, -0.2) is 0 Å². The Morgan fingerprint density at radius 1 is 1.47 bits per heavy atom. The van der Waals surface area contributed by atoms with Crippen LogP contribution in [-0.2, 0) is 9.53 Å². The normalized spacial score (nSPS) is 34.3. The van der Waals surface area contributed by atoms with Gasteiger partial charge < -0.3 is 9.53 Å². The number of carbonyl (C=O) groups excluding carboxylic acids is 1. The van der Waals surface area contributed by atoms with E-state index in [2.05, 4.69) is 13.8 Å². The van der Waals surface area contributed by atoms with Gasteiger partial charge in [0.15, 0.2) is 0 Å². The third-order valence-corrected chi connectivity index (χ3v) is 4.28. The van der Waals surface area contributed by atoms with Gasteiger partial charge in [0.2, 0.25) is 0 Å². The third-order valence-electron chi connectivity index (χ3n) is 4.28. The lowest BCUT2D eigenvalue weighted by molar-refractivity contribution is -0.106. The Morgan fingerprint density at radius 2 is 2.18 bits per heavy atom. The summed E-state index contributed by atoms with van der Waals surface area (Å²) in [5.41, 5.74) is 0.764. The zero-order valence-electron chi connectivity index (χ0n) is 11.7. The Kier molecular flexibility index (Phi) is 6.18. The van der Waals surface area contributed by atoms with E-state index < -0.39 is 0 Å². The van der Waals surface area contributed by atoms with E-state index in [0.717, 1.165) is 36.8 Å². The molecular weight excluding hydrogens is 212 g/mol. The van der Waals surface area contributed by atoms with Gasteiger partial charge in [-0.2, -0.15) is 0 Å². The lowest BCUT2D eigenvalue weighted by Crippen LogP contribution is -2.18. The molecule has 0 amide bonds. The molecule has 0 radical (unpaired) electrons. The Balaban J connectivity index is 0.000000437. The van der Waals surface area contributed by atoms with Crippen LogP contribution in [0.4, 0.5) is 0 Å². The van der Waals surface area contributed by atoms with Crippen molar-refractivity contribution in [2.24, 2.45) is 17.3 Å². The van der Waals surface area contributed by atoms with Crippen molar-refractivity contribution in [1.82, 2.24) is 0 Å². The van der Waals surface area contributed by atoms with Crippen LogP contribution < -0.4 is 0 Å². The summed E-state index contributed by atoms with van der Waals surface area (Å²) in [5.74, 6) is 1.93. The summed E-state index contributed by atoms with van der Waals surface area (Å²) in [4.78, 5) is 8.81. The summed E-state index contributed by atoms with van der Waals surface area (Å²) in [5, 5.41) is 0. The maximum absolute atomic E-state index is 8.81. The zero-order valence-corrected chi connectivity index (χ0v) is 11.7. The van der Waals surface area contributed by atoms with Crippen molar-refractivity contribution < 1.29 is 9.53 Å². The van der Waals surface area contributed by atoms with Gasteiger partial charge in [-0.15, -0.1) is 0 Å². The van der Waals surface area contributed by atoms with Gasteiger partial charge >= 0.3 is 0 Å². The quantitative estimate of drug-likeness (QED) is 0.539. The molecule has 2 rings (SSSR count). The van der Waals surface area contributed by atoms with Crippen LogP contribution in [0.25, 0.3) is 0 Å². The fraction of sp³-hybridized carbons (Fsp3) is 0.933. The number of fused-ring (bicyclic) bond motifs is 1. The SMILES string of the molecule is CC=O.CCCCOCC1CCC2(C)CC2C1. The van der Waals surface area contributed by atoms with Crippen molar-refractivity contribution >= 4 is 6.29 Å². The molecule has 2 nitrogen and oxygen atoms in total. The maximum Gasteiger partial charge on any atom is 0.116 e. The van der Waals surface area contributed by atoms with Crippen molar-refractivity contribution in [2.45, 2.75) is 59.3 Å². The minimum atomic E-state index is 0.750. The molecule has 2 aliphatic rings. The third kappa shape index (κ3) is 4.79. The summed E-state index contributed by atoms with van der Waals surface area (Å²) < 4.78 is 5.71. The second kappa shape index (κ2) is 7.15. The number of aldehydes is 1. The smallest absolute Gasteiger partial charge is 0.116 e. The molecule has 0 aromatic rings. The summed E-state index contributed by atoms with van der Waals surface area (Å²) in [6.45, 7) is 8.15. The first-order chi connectivity index (χ1) is 8.16. The maximum atomic E-state index is 8.81. The molecule has 0 N–H and O–H groups in total. The van der Waals surface area contributed by atoms with E-state index in [-0.39, 0.29) is 0 Å². The van der Waals surface area contributed by atoms with Crippen LogP contribution >= 0.6 is 0 Å². The topological polar surface area (TPSA) is 26.3 Å². The van der Waals surface area contributed by atoms with E-state index in [1.165, 1.54) is 45.4 Å². The van der Waals surface area contributed by atoms with Crippen molar-refractivity contribution in [3.8, 4) is 0 Å². The molecule has 3 atom stereocenters. The highest BCUT2D eigenvalue weighted by molar-refractivity contribution is 5.44. The van der Waals surface area contributed by atoms with E-state index >= 15 is 0 Å². The predicted octanol–water partition coefficient (Wildman–Crippen LogP) is 3.83. The van der Waals surface area contributed by atoms with Crippen LogP contribution in [0.2, 0.25) is 0 Å². The molecule has 0 saturated heterocycles. The number of carbonyl (C=O) groups is 1. The first-order valence-corrected chi connectivity index (χ1v) is 7.13. The molecular formula is C15H28O2. The van der Waals surface area contributed by atoms with Gasteiger partial charge in [0.25, 0.3) is 0 Å². The standard InChI is InChI=1S/C13H24O.C2H4O/c1-3-4-7-14-10-11-5-6-13(2)9-12(13)8-11;1-2-3/h11-12H,3-10H2,1-2H3;2H,1H3. The predicted molar refractivity (Wildman–Crippen MR) is 71.0 cm³/mol. The minimum Gasteiger partial charge on any atom is -0.381 e. The molecule has 2 aliphatic carbocycles. The first-order valence-electron chi connectivity index (χ1n) is 7.13. The van der Waals surface area contributed by atoms with Gasteiger partial charge in [-0.3, -0.25) is 0 Å². The molecule has 3 unspecified atom stereocenters. The van der Waals surface area contributed by atoms with Crippen LogP contribution in [0.15, 0.2) is 0 Å². The fourth-order valence-corrected chi connectivity index (χ4v) is 2.88. The van der Waals surface area contributed by atoms with E-state index in [1.54, 1.807) is 0 Å². The molecule has 0 bridgehead atoms. The number of rotatable bonds is 5. The minimum absolute atomic E-state index is 0.750. The van der Waals surface area contributed by atoms with E-state index in [4.69, 9.17) is 9.53 Å². The van der Waals surface area contributed by atoms with Gasteiger partial charge in [0.05, 0.1) is 0 Å². The van der Waals surface area contributed by atoms with E-state index in [9.17, 15) is 0 Å². The molecule has 0 aromatic carbocycles. The Hall–Kier alpha value is -0.370. The van der Waals surface area contributed by atoms with Crippen LogP contribution in [0, 0.1) is 17.3 Å². The molecule has 2 saturated carbocycles. The monoisotopic (exact) mass is 240 g/mol.